The number of hydrogen-bond acceptors (Lipinski definition) is 1. The standard InChI is InChI=1S/C42H25NO/c1-2-14-31-29(12-1)30-13-3-4-15-32(30)36-23-27(20-21-33(31)36)26-10-9-11-28(22-26)43-39-18-7-5-16-34(39)37-25-42-38(24-40(37)43)35-17-6-8-19-41(35)44-42/h1-25H. The van der Waals surface area contributed by atoms with Gasteiger partial charge >= 0.3 is 0 Å². The van der Waals surface area contributed by atoms with Crippen molar-refractivity contribution in [2.45, 2.75) is 0 Å². The highest BCUT2D eigenvalue weighted by molar-refractivity contribution is 6.25. The molecule has 2 heterocycles. The molecule has 204 valence electrons. The lowest BCUT2D eigenvalue weighted by Crippen LogP contribution is -1.94. The summed E-state index contributed by atoms with van der Waals surface area (Å²) < 4.78 is 8.69. The average molecular weight is 560 g/mol. The van der Waals surface area contributed by atoms with Crippen LogP contribution in [0.2, 0.25) is 0 Å². The van der Waals surface area contributed by atoms with Crippen LogP contribution in [-0.4, -0.2) is 4.57 Å². The Labute approximate surface area is 253 Å². The Kier molecular flexibility index (Phi) is 4.75. The van der Waals surface area contributed by atoms with Gasteiger partial charge in [-0.1, -0.05) is 109 Å². The van der Waals surface area contributed by atoms with Gasteiger partial charge in [-0.2, -0.15) is 0 Å². The van der Waals surface area contributed by atoms with E-state index in [1.54, 1.807) is 0 Å². The smallest absolute Gasteiger partial charge is 0.136 e. The summed E-state index contributed by atoms with van der Waals surface area (Å²) in [5, 5.41) is 12.5. The zero-order valence-corrected chi connectivity index (χ0v) is 23.8. The van der Waals surface area contributed by atoms with Gasteiger partial charge in [-0.05, 0) is 85.9 Å². The van der Waals surface area contributed by atoms with E-state index in [4.69, 9.17) is 4.42 Å². The topological polar surface area (TPSA) is 18.1 Å². The van der Waals surface area contributed by atoms with Gasteiger partial charge in [0.2, 0.25) is 0 Å². The third kappa shape index (κ3) is 3.25. The molecule has 0 aliphatic carbocycles. The molecule has 10 rings (SSSR count). The largest absolute Gasteiger partial charge is 0.456 e. The third-order valence-electron chi connectivity index (χ3n) is 9.35. The lowest BCUT2D eigenvalue weighted by Gasteiger charge is -2.13. The van der Waals surface area contributed by atoms with Crippen molar-refractivity contribution in [3.05, 3.63) is 152 Å². The average Bonchev–Trinajstić information content (AvgIpc) is 3.62. The molecule has 0 saturated carbocycles. The Hall–Kier alpha value is -5.86. The fourth-order valence-electron chi connectivity index (χ4n) is 7.38. The molecule has 0 aliphatic rings. The van der Waals surface area contributed by atoms with Crippen LogP contribution in [0.1, 0.15) is 0 Å². The van der Waals surface area contributed by atoms with Gasteiger partial charge in [-0.3, -0.25) is 0 Å². The molecule has 0 radical (unpaired) electrons. The van der Waals surface area contributed by atoms with Crippen LogP contribution in [0.15, 0.2) is 156 Å². The quantitative estimate of drug-likeness (QED) is 0.193. The molecule has 2 nitrogen and oxygen atoms in total. The zero-order valence-electron chi connectivity index (χ0n) is 23.8. The molecular formula is C42H25NO. The SMILES string of the molecule is c1cc(-c2ccc3c4ccccc4c4ccccc4c3c2)cc(-n2c3ccccc3c3cc4oc5ccccc5c4cc32)c1. The summed E-state index contributed by atoms with van der Waals surface area (Å²) in [6.45, 7) is 0. The van der Waals surface area contributed by atoms with Gasteiger partial charge in [-0.25, -0.2) is 0 Å². The molecule has 0 bridgehead atoms. The van der Waals surface area contributed by atoms with E-state index in [0.29, 0.717) is 0 Å². The Balaban J connectivity index is 1.22. The van der Waals surface area contributed by atoms with E-state index >= 15 is 0 Å². The summed E-state index contributed by atoms with van der Waals surface area (Å²) in [6.07, 6.45) is 0. The van der Waals surface area contributed by atoms with Crippen molar-refractivity contribution in [1.82, 2.24) is 4.57 Å². The second-order valence-electron chi connectivity index (χ2n) is 11.7. The molecule has 44 heavy (non-hydrogen) atoms. The van der Waals surface area contributed by atoms with Crippen molar-refractivity contribution in [1.29, 1.82) is 0 Å². The number of nitrogens with zero attached hydrogens (tertiary/aromatic N) is 1. The molecule has 0 spiro atoms. The van der Waals surface area contributed by atoms with Crippen LogP contribution < -0.4 is 0 Å². The second-order valence-corrected chi connectivity index (χ2v) is 11.7. The fraction of sp³-hybridized carbons (Fsp3) is 0. The molecule has 0 atom stereocenters. The molecule has 0 saturated heterocycles. The van der Waals surface area contributed by atoms with Crippen LogP contribution in [0.25, 0.3) is 92.9 Å². The number of benzene rings is 8. The predicted octanol–water partition coefficient (Wildman–Crippen LogP) is 11.8. The first-order valence-corrected chi connectivity index (χ1v) is 15.1. The van der Waals surface area contributed by atoms with E-state index in [0.717, 1.165) is 27.6 Å². The number of fused-ring (bicyclic) bond motifs is 12. The van der Waals surface area contributed by atoms with Crippen molar-refractivity contribution in [2.24, 2.45) is 0 Å². The molecule has 10 aromatic rings. The summed E-state index contributed by atoms with van der Waals surface area (Å²) in [7, 11) is 0. The highest BCUT2D eigenvalue weighted by atomic mass is 16.3. The Morgan fingerprint density at radius 2 is 0.932 bits per heavy atom. The van der Waals surface area contributed by atoms with Crippen molar-refractivity contribution >= 4 is 76.1 Å². The zero-order chi connectivity index (χ0) is 28.8. The second kappa shape index (κ2) is 8.82. The highest BCUT2D eigenvalue weighted by Crippen LogP contribution is 2.40. The molecule has 0 N–H and O–H groups in total. The van der Waals surface area contributed by atoms with Gasteiger partial charge in [0.15, 0.2) is 0 Å². The number of rotatable bonds is 2. The van der Waals surface area contributed by atoms with Gasteiger partial charge in [-0.15, -0.1) is 0 Å². The van der Waals surface area contributed by atoms with Crippen LogP contribution in [0, 0.1) is 0 Å². The normalized spacial score (nSPS) is 12.1. The first kappa shape index (κ1) is 23.7. The van der Waals surface area contributed by atoms with Crippen molar-refractivity contribution in [3.8, 4) is 16.8 Å². The third-order valence-corrected chi connectivity index (χ3v) is 9.35. The predicted molar refractivity (Wildman–Crippen MR) is 186 cm³/mol. The van der Waals surface area contributed by atoms with E-state index in [9.17, 15) is 0 Å². The molecule has 0 unspecified atom stereocenters. The van der Waals surface area contributed by atoms with E-state index in [-0.39, 0.29) is 0 Å². The van der Waals surface area contributed by atoms with Gasteiger partial charge in [0, 0.05) is 27.2 Å². The van der Waals surface area contributed by atoms with Gasteiger partial charge in [0.05, 0.1) is 11.0 Å². The molecule has 0 aliphatic heterocycles. The monoisotopic (exact) mass is 559 g/mol. The van der Waals surface area contributed by atoms with Crippen molar-refractivity contribution in [2.75, 3.05) is 0 Å². The number of furan rings is 1. The lowest BCUT2D eigenvalue weighted by atomic mass is 9.92. The van der Waals surface area contributed by atoms with Crippen molar-refractivity contribution in [3.63, 3.8) is 0 Å². The first-order chi connectivity index (χ1) is 21.8. The highest BCUT2D eigenvalue weighted by Gasteiger charge is 2.17. The van der Waals surface area contributed by atoms with E-state index < -0.39 is 0 Å². The minimum absolute atomic E-state index is 0.921. The Morgan fingerprint density at radius 3 is 1.70 bits per heavy atom. The van der Waals surface area contributed by atoms with E-state index in [2.05, 4.69) is 144 Å². The van der Waals surface area contributed by atoms with Crippen LogP contribution in [0.4, 0.5) is 0 Å². The lowest BCUT2D eigenvalue weighted by molar-refractivity contribution is 0.669. The van der Waals surface area contributed by atoms with Crippen molar-refractivity contribution < 1.29 is 4.42 Å². The summed E-state index contributed by atoms with van der Waals surface area (Å²) in [5.74, 6) is 0. The molecule has 2 aromatic heterocycles. The summed E-state index contributed by atoms with van der Waals surface area (Å²) in [4.78, 5) is 0. The van der Waals surface area contributed by atoms with Gasteiger partial charge in [0.1, 0.15) is 11.2 Å². The first-order valence-electron chi connectivity index (χ1n) is 15.1. The maximum absolute atomic E-state index is 6.28. The molecule has 0 fully saturated rings. The summed E-state index contributed by atoms with van der Waals surface area (Å²) in [5.41, 5.74) is 7.76. The van der Waals surface area contributed by atoms with Crippen LogP contribution >= 0.6 is 0 Å². The molecule has 2 heteroatoms. The number of hydrogen-bond donors (Lipinski definition) is 0. The Morgan fingerprint density at radius 1 is 0.318 bits per heavy atom. The minimum atomic E-state index is 0.921. The maximum atomic E-state index is 6.28. The summed E-state index contributed by atoms with van der Waals surface area (Å²) in [6, 6.07) is 54.9. The van der Waals surface area contributed by atoms with E-state index in [1.165, 1.54) is 65.3 Å². The fourth-order valence-corrected chi connectivity index (χ4v) is 7.38. The Bertz CT molecular complexity index is 2740. The van der Waals surface area contributed by atoms with Crippen LogP contribution in [-0.2, 0) is 0 Å². The van der Waals surface area contributed by atoms with E-state index in [1.807, 2.05) is 12.1 Å². The molecule has 8 aromatic carbocycles. The van der Waals surface area contributed by atoms with Crippen LogP contribution in [0.3, 0.4) is 0 Å². The van der Waals surface area contributed by atoms with Gasteiger partial charge in [0.25, 0.3) is 0 Å². The number of aromatic nitrogens is 1. The maximum Gasteiger partial charge on any atom is 0.136 e. The van der Waals surface area contributed by atoms with Crippen LogP contribution in [0.5, 0.6) is 0 Å². The number of para-hydroxylation sites is 2. The minimum Gasteiger partial charge on any atom is -0.456 e. The molecule has 0 amide bonds. The summed E-state index contributed by atoms with van der Waals surface area (Å²) >= 11 is 0. The van der Waals surface area contributed by atoms with Gasteiger partial charge < -0.3 is 8.98 Å². The molecular weight excluding hydrogens is 534 g/mol.